The maximum Gasteiger partial charge on any atom is 0.231 e. The van der Waals surface area contributed by atoms with Crippen LogP contribution in [0.4, 0.5) is 0 Å². The molecule has 128 valence electrons. The van der Waals surface area contributed by atoms with Gasteiger partial charge in [-0.15, -0.1) is 0 Å². The number of ether oxygens (including phenoxy) is 2. The standard InChI is InChI=1S/C21H20O4/c1-2-3-4-5-14-6-8-15(9-7-14)19-12-17(22)16-10-11-18-21(20(16)25-19)24-13-23-18/h6-12H,2-5,13H2,1H3. The van der Waals surface area contributed by atoms with Crippen molar-refractivity contribution in [3.05, 3.63) is 58.3 Å². The fraction of sp³-hybridized carbons (Fsp3) is 0.286. The molecule has 0 spiro atoms. The normalized spacial score (nSPS) is 12.7. The molecule has 0 saturated carbocycles. The number of rotatable bonds is 5. The van der Waals surface area contributed by atoms with Crippen LogP contribution in [0.3, 0.4) is 0 Å². The minimum Gasteiger partial charge on any atom is -0.453 e. The molecule has 2 heterocycles. The molecule has 0 saturated heterocycles. The van der Waals surface area contributed by atoms with E-state index in [1.807, 2.05) is 12.1 Å². The number of unbranched alkanes of at least 4 members (excludes halogenated alkanes) is 2. The predicted molar refractivity (Wildman–Crippen MR) is 97.3 cm³/mol. The van der Waals surface area contributed by atoms with E-state index >= 15 is 0 Å². The molecule has 1 aromatic heterocycles. The highest BCUT2D eigenvalue weighted by molar-refractivity contribution is 5.87. The molecule has 4 heteroatoms. The molecule has 0 aliphatic carbocycles. The van der Waals surface area contributed by atoms with E-state index in [-0.39, 0.29) is 12.2 Å². The summed E-state index contributed by atoms with van der Waals surface area (Å²) >= 11 is 0. The zero-order valence-electron chi connectivity index (χ0n) is 14.2. The van der Waals surface area contributed by atoms with E-state index in [1.54, 1.807) is 12.1 Å². The average Bonchev–Trinajstić information content (AvgIpc) is 3.12. The van der Waals surface area contributed by atoms with Gasteiger partial charge in [-0.3, -0.25) is 4.79 Å². The Morgan fingerprint density at radius 2 is 1.84 bits per heavy atom. The summed E-state index contributed by atoms with van der Waals surface area (Å²) in [6.07, 6.45) is 4.74. The molecule has 0 bridgehead atoms. The third kappa shape index (κ3) is 3.00. The fourth-order valence-electron chi connectivity index (χ4n) is 3.14. The van der Waals surface area contributed by atoms with Gasteiger partial charge in [0.1, 0.15) is 5.76 Å². The maximum absolute atomic E-state index is 12.5. The first-order chi connectivity index (χ1) is 12.3. The van der Waals surface area contributed by atoms with Gasteiger partial charge < -0.3 is 13.9 Å². The molecule has 0 unspecified atom stereocenters. The highest BCUT2D eigenvalue weighted by atomic mass is 16.7. The Hall–Kier alpha value is -2.75. The number of aryl methyl sites for hydroxylation is 1. The van der Waals surface area contributed by atoms with Crippen LogP contribution in [0.2, 0.25) is 0 Å². The highest BCUT2D eigenvalue weighted by Crippen LogP contribution is 2.39. The van der Waals surface area contributed by atoms with Gasteiger partial charge in [0.15, 0.2) is 16.8 Å². The van der Waals surface area contributed by atoms with Crippen molar-refractivity contribution in [3.8, 4) is 22.8 Å². The van der Waals surface area contributed by atoms with Crippen LogP contribution in [0, 0.1) is 0 Å². The summed E-state index contributed by atoms with van der Waals surface area (Å²) in [4.78, 5) is 12.5. The zero-order chi connectivity index (χ0) is 17.2. The maximum atomic E-state index is 12.5. The molecule has 3 aromatic rings. The number of fused-ring (bicyclic) bond motifs is 3. The summed E-state index contributed by atoms with van der Waals surface area (Å²) in [6.45, 7) is 2.35. The molecule has 2 aromatic carbocycles. The van der Waals surface area contributed by atoms with Crippen LogP contribution in [-0.2, 0) is 6.42 Å². The molecule has 0 radical (unpaired) electrons. The topological polar surface area (TPSA) is 48.7 Å². The zero-order valence-corrected chi connectivity index (χ0v) is 14.2. The minimum absolute atomic E-state index is 0.0819. The van der Waals surface area contributed by atoms with Crippen LogP contribution in [0.25, 0.3) is 22.3 Å². The molecule has 0 amide bonds. The largest absolute Gasteiger partial charge is 0.453 e. The van der Waals surface area contributed by atoms with Crippen LogP contribution in [-0.4, -0.2) is 6.79 Å². The first kappa shape index (κ1) is 15.8. The molecule has 25 heavy (non-hydrogen) atoms. The SMILES string of the molecule is CCCCCc1ccc(-c2cc(=O)c3ccc4c(c3o2)OCO4)cc1. The molecule has 4 nitrogen and oxygen atoms in total. The van der Waals surface area contributed by atoms with Crippen molar-refractivity contribution in [2.75, 3.05) is 6.79 Å². The third-order valence-electron chi connectivity index (χ3n) is 4.54. The molecule has 4 rings (SSSR count). The number of benzene rings is 2. The van der Waals surface area contributed by atoms with Gasteiger partial charge in [-0.2, -0.15) is 0 Å². The van der Waals surface area contributed by atoms with Crippen LogP contribution in [0.1, 0.15) is 31.7 Å². The van der Waals surface area contributed by atoms with E-state index in [0.29, 0.717) is 28.2 Å². The summed E-state index contributed by atoms with van der Waals surface area (Å²) in [5.41, 5.74) is 2.55. The molecule has 0 N–H and O–H groups in total. The van der Waals surface area contributed by atoms with Gasteiger partial charge in [0.25, 0.3) is 0 Å². The smallest absolute Gasteiger partial charge is 0.231 e. The van der Waals surface area contributed by atoms with Crippen LogP contribution in [0.5, 0.6) is 11.5 Å². The molecular formula is C21H20O4. The molecule has 0 atom stereocenters. The second kappa shape index (κ2) is 6.63. The first-order valence-corrected chi connectivity index (χ1v) is 8.72. The Bertz CT molecular complexity index is 954. The molecule has 0 fully saturated rings. The van der Waals surface area contributed by atoms with Crippen molar-refractivity contribution in [2.45, 2.75) is 32.6 Å². The Morgan fingerprint density at radius 1 is 1.00 bits per heavy atom. The third-order valence-corrected chi connectivity index (χ3v) is 4.54. The van der Waals surface area contributed by atoms with E-state index in [0.717, 1.165) is 12.0 Å². The second-order valence-electron chi connectivity index (χ2n) is 6.30. The Kier molecular flexibility index (Phi) is 4.18. The van der Waals surface area contributed by atoms with Crippen molar-refractivity contribution in [3.63, 3.8) is 0 Å². The monoisotopic (exact) mass is 336 g/mol. The summed E-state index contributed by atoms with van der Waals surface area (Å²) in [6, 6.07) is 13.2. The average molecular weight is 336 g/mol. The van der Waals surface area contributed by atoms with E-state index in [9.17, 15) is 4.79 Å². The highest BCUT2D eigenvalue weighted by Gasteiger charge is 2.20. The van der Waals surface area contributed by atoms with Gasteiger partial charge in [-0.05, 0) is 30.5 Å². The molecule has 1 aliphatic rings. The number of hydrogen-bond donors (Lipinski definition) is 0. The van der Waals surface area contributed by atoms with Gasteiger partial charge in [-0.1, -0.05) is 44.0 Å². The lowest BCUT2D eigenvalue weighted by Crippen LogP contribution is -2.01. The van der Waals surface area contributed by atoms with Crippen LogP contribution < -0.4 is 14.9 Å². The van der Waals surface area contributed by atoms with Crippen molar-refractivity contribution in [2.24, 2.45) is 0 Å². The first-order valence-electron chi connectivity index (χ1n) is 8.72. The Labute approximate surface area is 146 Å². The van der Waals surface area contributed by atoms with E-state index in [2.05, 4.69) is 19.1 Å². The van der Waals surface area contributed by atoms with E-state index in [1.165, 1.54) is 30.9 Å². The molecule has 1 aliphatic heterocycles. The van der Waals surface area contributed by atoms with Crippen molar-refractivity contribution >= 4 is 11.0 Å². The quantitative estimate of drug-likeness (QED) is 0.620. The van der Waals surface area contributed by atoms with Crippen LogP contribution in [0.15, 0.2) is 51.7 Å². The number of hydrogen-bond acceptors (Lipinski definition) is 4. The lowest BCUT2D eigenvalue weighted by molar-refractivity contribution is 0.174. The van der Waals surface area contributed by atoms with Crippen molar-refractivity contribution in [1.82, 2.24) is 0 Å². The van der Waals surface area contributed by atoms with Gasteiger partial charge in [-0.25, -0.2) is 0 Å². The lowest BCUT2D eigenvalue weighted by Gasteiger charge is -2.06. The Morgan fingerprint density at radius 3 is 2.64 bits per heavy atom. The van der Waals surface area contributed by atoms with Crippen molar-refractivity contribution < 1.29 is 13.9 Å². The van der Waals surface area contributed by atoms with Gasteiger partial charge >= 0.3 is 0 Å². The van der Waals surface area contributed by atoms with Crippen molar-refractivity contribution in [1.29, 1.82) is 0 Å². The minimum atomic E-state index is -0.0819. The van der Waals surface area contributed by atoms with Gasteiger partial charge in [0.2, 0.25) is 12.5 Å². The van der Waals surface area contributed by atoms with Gasteiger partial charge in [0.05, 0.1) is 5.39 Å². The fourth-order valence-corrected chi connectivity index (χ4v) is 3.14. The predicted octanol–water partition coefficient (Wildman–Crippen LogP) is 4.92. The lowest BCUT2D eigenvalue weighted by atomic mass is 10.0. The second-order valence-corrected chi connectivity index (χ2v) is 6.30. The van der Waals surface area contributed by atoms with Gasteiger partial charge in [0, 0.05) is 11.6 Å². The Balaban J connectivity index is 1.71. The molecular weight excluding hydrogens is 316 g/mol. The van der Waals surface area contributed by atoms with E-state index in [4.69, 9.17) is 13.9 Å². The van der Waals surface area contributed by atoms with E-state index < -0.39 is 0 Å². The summed E-state index contributed by atoms with van der Waals surface area (Å²) < 4.78 is 16.9. The summed E-state index contributed by atoms with van der Waals surface area (Å²) in [5.74, 6) is 1.66. The summed E-state index contributed by atoms with van der Waals surface area (Å²) in [7, 11) is 0. The summed E-state index contributed by atoms with van der Waals surface area (Å²) in [5, 5.41) is 0.504. The van der Waals surface area contributed by atoms with Crippen LogP contribution >= 0.6 is 0 Å².